The van der Waals surface area contributed by atoms with Crippen LogP contribution in [0.15, 0.2) is 65.1 Å². The van der Waals surface area contributed by atoms with E-state index in [-0.39, 0.29) is 18.4 Å². The minimum absolute atomic E-state index is 0.127. The van der Waals surface area contributed by atoms with Crippen LogP contribution in [0.3, 0.4) is 0 Å². The highest BCUT2D eigenvalue weighted by Crippen LogP contribution is 2.34. The summed E-state index contributed by atoms with van der Waals surface area (Å²) in [6, 6.07) is 18.7. The number of para-hydroxylation sites is 2. The van der Waals surface area contributed by atoms with E-state index in [0.717, 1.165) is 15.7 Å². The van der Waals surface area contributed by atoms with Gasteiger partial charge in [-0.2, -0.15) is 0 Å². The van der Waals surface area contributed by atoms with E-state index in [0.29, 0.717) is 22.7 Å². The van der Waals surface area contributed by atoms with Crippen LogP contribution < -0.4 is 15.0 Å². The summed E-state index contributed by atoms with van der Waals surface area (Å²) in [6.45, 7) is 1.94. The quantitative estimate of drug-likeness (QED) is 0.634. The number of likely N-dealkylation sites (N-methyl/N-ethyl adjacent to an activating group) is 1. The van der Waals surface area contributed by atoms with E-state index < -0.39 is 6.10 Å². The lowest BCUT2D eigenvalue weighted by atomic mass is 10.1. The Morgan fingerprint density at radius 1 is 1.13 bits per heavy atom. The lowest BCUT2D eigenvalue weighted by Gasteiger charge is -2.34. The molecule has 2 amide bonds. The van der Waals surface area contributed by atoms with Gasteiger partial charge in [-0.15, -0.1) is 0 Å². The first-order valence-corrected chi connectivity index (χ1v) is 10.3. The number of ether oxygens (including phenoxy) is 1. The van der Waals surface area contributed by atoms with Gasteiger partial charge in [-0.3, -0.25) is 14.6 Å². The van der Waals surface area contributed by atoms with Gasteiger partial charge in [0.25, 0.3) is 11.8 Å². The number of amides is 2. The predicted octanol–water partition coefficient (Wildman–Crippen LogP) is 3.97. The van der Waals surface area contributed by atoms with E-state index >= 15 is 0 Å². The molecule has 1 aliphatic rings. The van der Waals surface area contributed by atoms with Gasteiger partial charge >= 0.3 is 0 Å². The largest absolute Gasteiger partial charge is 0.477 e. The number of nitrogens with zero attached hydrogens (tertiary/aromatic N) is 2. The van der Waals surface area contributed by atoms with Crippen LogP contribution in [0.2, 0.25) is 0 Å². The molecule has 0 saturated carbocycles. The number of aromatic nitrogens is 1. The molecule has 152 valence electrons. The first kappa shape index (κ1) is 20.1. The van der Waals surface area contributed by atoms with Crippen LogP contribution in [0.1, 0.15) is 16.1 Å². The number of benzene rings is 2. The van der Waals surface area contributed by atoms with Crippen molar-refractivity contribution in [2.75, 3.05) is 18.5 Å². The Bertz CT molecular complexity index is 1130. The number of aryl methyl sites for hydroxylation is 1. The summed E-state index contributed by atoms with van der Waals surface area (Å²) in [6.07, 6.45) is -0.775. The molecule has 0 bridgehead atoms. The number of anilines is 1. The molecule has 1 aromatic heterocycles. The third-order valence-electron chi connectivity index (χ3n) is 4.99. The molecule has 1 aliphatic heterocycles. The highest BCUT2D eigenvalue weighted by molar-refractivity contribution is 9.10. The second-order valence-electron chi connectivity index (χ2n) is 6.94. The van der Waals surface area contributed by atoms with Gasteiger partial charge in [-0.1, -0.05) is 40.2 Å². The number of carbonyl (C=O) groups is 2. The molecule has 4 rings (SSSR count). The smallest absolute Gasteiger partial charge is 0.262 e. The summed E-state index contributed by atoms with van der Waals surface area (Å²) in [5.74, 6) is 0.00895. The van der Waals surface area contributed by atoms with Crippen molar-refractivity contribution in [2.45, 2.75) is 13.0 Å². The number of hydrogen-bond donors (Lipinski definition) is 1. The number of nitrogens with one attached hydrogen (secondary N) is 1. The van der Waals surface area contributed by atoms with Gasteiger partial charge in [0.1, 0.15) is 5.75 Å². The molecular weight excluding hydrogens is 446 g/mol. The molecule has 1 N–H and O–H groups in total. The molecular formula is C23H20BrN3O3. The third-order valence-corrected chi connectivity index (χ3v) is 5.49. The van der Waals surface area contributed by atoms with Crippen molar-refractivity contribution in [3.63, 3.8) is 0 Å². The van der Waals surface area contributed by atoms with E-state index in [1.165, 1.54) is 0 Å². The van der Waals surface area contributed by atoms with Gasteiger partial charge in [0.05, 0.1) is 29.2 Å². The molecule has 0 fully saturated rings. The van der Waals surface area contributed by atoms with Crippen LogP contribution in [0.25, 0.3) is 11.3 Å². The second kappa shape index (κ2) is 8.28. The minimum Gasteiger partial charge on any atom is -0.477 e. The normalized spacial score (nSPS) is 15.2. The highest BCUT2D eigenvalue weighted by atomic mass is 79.9. The molecule has 0 saturated heterocycles. The topological polar surface area (TPSA) is 71.5 Å². The number of halogens is 1. The van der Waals surface area contributed by atoms with Gasteiger partial charge in [0, 0.05) is 17.1 Å². The van der Waals surface area contributed by atoms with Gasteiger partial charge < -0.3 is 15.0 Å². The molecule has 1 atom stereocenters. The Hall–Kier alpha value is -3.19. The van der Waals surface area contributed by atoms with Crippen molar-refractivity contribution in [1.29, 1.82) is 0 Å². The summed E-state index contributed by atoms with van der Waals surface area (Å²) in [5, 5.41) is 2.59. The standard InChI is InChI=1S/C23H20BrN3O3/c1-14-17(10-11-18(26-14)15-6-5-7-16(24)12-15)23(29)27-13-21(22(28)25-2)30-20-9-4-3-8-19(20)27/h3-12,21H,13H2,1-2H3,(H,25,28). The van der Waals surface area contributed by atoms with Crippen LogP contribution >= 0.6 is 15.9 Å². The maximum atomic E-state index is 13.4. The Labute approximate surface area is 183 Å². The molecule has 2 heterocycles. The van der Waals surface area contributed by atoms with Crippen molar-refractivity contribution < 1.29 is 14.3 Å². The van der Waals surface area contributed by atoms with E-state index in [2.05, 4.69) is 26.2 Å². The maximum absolute atomic E-state index is 13.4. The summed E-state index contributed by atoms with van der Waals surface area (Å²) in [7, 11) is 1.55. The average Bonchev–Trinajstić information content (AvgIpc) is 2.77. The molecule has 0 spiro atoms. The summed E-state index contributed by atoms with van der Waals surface area (Å²) >= 11 is 3.47. The van der Waals surface area contributed by atoms with Gasteiger partial charge in [-0.25, -0.2) is 0 Å². The number of pyridine rings is 1. The van der Waals surface area contributed by atoms with Crippen molar-refractivity contribution in [2.24, 2.45) is 0 Å². The molecule has 0 aliphatic carbocycles. The zero-order valence-electron chi connectivity index (χ0n) is 16.6. The molecule has 6 nitrogen and oxygen atoms in total. The van der Waals surface area contributed by atoms with Gasteiger partial charge in [0.2, 0.25) is 0 Å². The van der Waals surface area contributed by atoms with Crippen molar-refractivity contribution >= 4 is 33.4 Å². The fourth-order valence-corrected chi connectivity index (χ4v) is 3.86. The number of rotatable bonds is 3. The highest BCUT2D eigenvalue weighted by Gasteiger charge is 2.34. The van der Waals surface area contributed by atoms with Gasteiger partial charge in [0.15, 0.2) is 6.10 Å². The fourth-order valence-electron chi connectivity index (χ4n) is 3.47. The Balaban J connectivity index is 1.69. The van der Waals surface area contributed by atoms with Crippen LogP contribution in [0, 0.1) is 6.92 Å². The molecule has 7 heteroatoms. The second-order valence-corrected chi connectivity index (χ2v) is 7.86. The maximum Gasteiger partial charge on any atom is 0.262 e. The monoisotopic (exact) mass is 465 g/mol. The molecule has 1 unspecified atom stereocenters. The summed E-state index contributed by atoms with van der Waals surface area (Å²) in [5.41, 5.74) is 3.50. The van der Waals surface area contributed by atoms with Crippen LogP contribution in [-0.4, -0.2) is 36.5 Å². The molecule has 3 aromatic rings. The van der Waals surface area contributed by atoms with Crippen LogP contribution in [0.5, 0.6) is 5.75 Å². The SMILES string of the molecule is CNC(=O)C1CN(C(=O)c2ccc(-c3cccc(Br)c3)nc2C)c2ccccc2O1. The summed E-state index contributed by atoms with van der Waals surface area (Å²) in [4.78, 5) is 31.9. The van der Waals surface area contributed by atoms with E-state index in [9.17, 15) is 9.59 Å². The van der Waals surface area contributed by atoms with Crippen molar-refractivity contribution in [1.82, 2.24) is 10.3 Å². The minimum atomic E-state index is -0.775. The van der Waals surface area contributed by atoms with Crippen molar-refractivity contribution in [3.05, 3.63) is 76.4 Å². The number of hydrogen-bond acceptors (Lipinski definition) is 4. The van der Waals surface area contributed by atoms with E-state index in [1.54, 1.807) is 24.1 Å². The average molecular weight is 466 g/mol. The zero-order valence-corrected chi connectivity index (χ0v) is 18.1. The molecule has 30 heavy (non-hydrogen) atoms. The lowest BCUT2D eigenvalue weighted by Crippen LogP contribution is -2.50. The predicted molar refractivity (Wildman–Crippen MR) is 119 cm³/mol. The number of fused-ring (bicyclic) bond motifs is 1. The van der Waals surface area contributed by atoms with E-state index in [1.807, 2.05) is 55.5 Å². The fraction of sp³-hybridized carbons (Fsp3) is 0.174. The van der Waals surface area contributed by atoms with Crippen molar-refractivity contribution in [3.8, 4) is 17.0 Å². The molecule has 0 radical (unpaired) electrons. The molecule has 2 aromatic carbocycles. The van der Waals surface area contributed by atoms with E-state index in [4.69, 9.17) is 4.74 Å². The Morgan fingerprint density at radius 3 is 2.67 bits per heavy atom. The zero-order chi connectivity index (χ0) is 21.3. The summed E-state index contributed by atoms with van der Waals surface area (Å²) < 4.78 is 6.76. The Morgan fingerprint density at radius 2 is 1.93 bits per heavy atom. The first-order valence-electron chi connectivity index (χ1n) is 9.50. The third kappa shape index (κ3) is 3.80. The Kier molecular flexibility index (Phi) is 5.55. The lowest BCUT2D eigenvalue weighted by molar-refractivity contribution is -0.127. The van der Waals surface area contributed by atoms with Crippen LogP contribution in [0.4, 0.5) is 5.69 Å². The number of carbonyl (C=O) groups excluding carboxylic acids is 2. The van der Waals surface area contributed by atoms with Gasteiger partial charge in [-0.05, 0) is 43.3 Å². The van der Waals surface area contributed by atoms with Crippen LogP contribution in [-0.2, 0) is 4.79 Å². The first-order chi connectivity index (χ1) is 14.5.